The van der Waals surface area contributed by atoms with Gasteiger partial charge in [0.25, 0.3) is 0 Å². The Labute approximate surface area is 337 Å². The molecule has 0 bridgehead atoms. The molecule has 0 aliphatic heterocycles. The van der Waals surface area contributed by atoms with Crippen LogP contribution in [0.4, 0.5) is 0 Å². The number of benzene rings is 2. The number of carbonyl (C=O) groups is 2. The Bertz CT molecular complexity index is 1160. The number of phenolic OH excluding ortho intramolecular Hbond substituents is 2. The summed E-state index contributed by atoms with van der Waals surface area (Å²) in [6, 6.07) is 13.0. The van der Waals surface area contributed by atoms with Crippen molar-refractivity contribution >= 4 is 11.9 Å². The zero-order valence-electron chi connectivity index (χ0n) is 35.5. The Morgan fingerprint density at radius 3 is 0.818 bits per heavy atom. The van der Waals surface area contributed by atoms with Crippen LogP contribution >= 0.6 is 0 Å². The van der Waals surface area contributed by atoms with Gasteiger partial charge in [-0.05, 0) is 37.1 Å². The van der Waals surface area contributed by atoms with Crippen molar-refractivity contribution in [2.75, 3.05) is 13.2 Å². The number of para-hydroxylation sites is 2. The number of aromatic hydroxyl groups is 2. The lowest BCUT2D eigenvalue weighted by Crippen LogP contribution is -2.06. The molecule has 55 heavy (non-hydrogen) atoms. The average molecular weight is 767 g/mol. The van der Waals surface area contributed by atoms with Gasteiger partial charge in [0.2, 0.25) is 0 Å². The van der Waals surface area contributed by atoms with Gasteiger partial charge in [0.1, 0.15) is 22.6 Å². The minimum atomic E-state index is -0.432. The first-order chi connectivity index (χ1) is 27.0. The number of hydrogen-bond acceptors (Lipinski definition) is 6. The monoisotopic (exact) mass is 767 g/mol. The molecule has 0 atom stereocenters. The quantitative estimate of drug-likeness (QED) is 0.0536. The van der Waals surface area contributed by atoms with E-state index < -0.39 is 11.9 Å². The van der Waals surface area contributed by atoms with Gasteiger partial charge in [-0.15, -0.1) is 0 Å². The molecule has 0 aliphatic rings. The van der Waals surface area contributed by atoms with Crippen LogP contribution in [0.2, 0.25) is 0 Å². The van der Waals surface area contributed by atoms with Crippen LogP contribution in [0.5, 0.6) is 11.5 Å². The second-order valence-corrected chi connectivity index (χ2v) is 15.6. The lowest BCUT2D eigenvalue weighted by Gasteiger charge is -2.06. The van der Waals surface area contributed by atoms with Crippen LogP contribution in [0.15, 0.2) is 48.5 Å². The highest BCUT2D eigenvalue weighted by Gasteiger charge is 2.12. The van der Waals surface area contributed by atoms with Gasteiger partial charge in [-0.25, -0.2) is 9.59 Å². The van der Waals surface area contributed by atoms with Gasteiger partial charge >= 0.3 is 11.9 Å². The van der Waals surface area contributed by atoms with E-state index in [0.717, 1.165) is 25.7 Å². The zero-order valence-corrected chi connectivity index (χ0v) is 35.5. The Kier molecular flexibility index (Phi) is 34.4. The van der Waals surface area contributed by atoms with E-state index in [4.69, 9.17) is 9.47 Å². The molecule has 2 aromatic rings. The highest BCUT2D eigenvalue weighted by atomic mass is 16.5. The molecular formula is C49H82O6. The topological polar surface area (TPSA) is 93.1 Å². The largest absolute Gasteiger partial charge is 0.507 e. The lowest BCUT2D eigenvalue weighted by molar-refractivity contribution is 0.0484. The van der Waals surface area contributed by atoms with Crippen LogP contribution < -0.4 is 0 Å². The maximum atomic E-state index is 11.8. The summed E-state index contributed by atoms with van der Waals surface area (Å²) in [5.41, 5.74) is 0.498. The van der Waals surface area contributed by atoms with Crippen molar-refractivity contribution in [2.24, 2.45) is 0 Å². The molecule has 314 valence electrons. The van der Waals surface area contributed by atoms with E-state index in [0.29, 0.717) is 13.2 Å². The molecule has 2 rings (SSSR count). The van der Waals surface area contributed by atoms with Gasteiger partial charge in [-0.2, -0.15) is 0 Å². The van der Waals surface area contributed by atoms with E-state index in [1.807, 2.05) is 0 Å². The van der Waals surface area contributed by atoms with E-state index in [1.54, 1.807) is 36.4 Å². The summed E-state index contributed by atoms with van der Waals surface area (Å²) in [6.07, 6.45) is 41.1. The molecule has 0 saturated heterocycles. The average Bonchev–Trinajstić information content (AvgIpc) is 3.19. The van der Waals surface area contributed by atoms with Gasteiger partial charge in [0.05, 0.1) is 13.2 Å². The van der Waals surface area contributed by atoms with E-state index in [-0.39, 0.29) is 22.6 Å². The number of hydrogen-bond donors (Lipinski definition) is 2. The molecule has 6 nitrogen and oxygen atoms in total. The molecule has 0 heterocycles. The molecule has 2 N–H and O–H groups in total. The zero-order chi connectivity index (χ0) is 39.9. The Morgan fingerprint density at radius 1 is 0.364 bits per heavy atom. The van der Waals surface area contributed by atoms with Crippen LogP contribution in [0.3, 0.4) is 0 Å². The molecule has 0 radical (unpaired) electrons. The summed E-state index contributed by atoms with van der Waals surface area (Å²) >= 11 is 0. The molecule has 0 saturated carbocycles. The van der Waals surface area contributed by atoms with Crippen molar-refractivity contribution in [3.8, 4) is 11.5 Å². The van der Waals surface area contributed by atoms with Crippen LogP contribution in [-0.4, -0.2) is 35.4 Å². The van der Waals surface area contributed by atoms with Crippen molar-refractivity contribution < 1.29 is 29.3 Å². The maximum absolute atomic E-state index is 11.8. The first-order valence-electron chi connectivity index (χ1n) is 22.9. The van der Waals surface area contributed by atoms with Crippen molar-refractivity contribution in [1.82, 2.24) is 0 Å². The highest BCUT2D eigenvalue weighted by Crippen LogP contribution is 2.19. The molecular weight excluding hydrogens is 685 g/mol. The Balaban J connectivity index is 0.000000550. The molecule has 0 aromatic heterocycles. The van der Waals surface area contributed by atoms with Gasteiger partial charge < -0.3 is 19.7 Å². The normalized spacial score (nSPS) is 10.9. The van der Waals surface area contributed by atoms with Gasteiger partial charge in [0.15, 0.2) is 0 Å². The number of esters is 2. The first kappa shape index (κ1) is 50.0. The fourth-order valence-electron chi connectivity index (χ4n) is 6.90. The molecule has 0 unspecified atom stereocenters. The third-order valence-corrected chi connectivity index (χ3v) is 10.5. The van der Waals surface area contributed by atoms with E-state index in [9.17, 15) is 19.8 Å². The lowest BCUT2D eigenvalue weighted by atomic mass is 10.0. The smallest absolute Gasteiger partial charge is 0.341 e. The number of unbranched alkanes of at least 4 members (excludes halogenated alkanes) is 29. The van der Waals surface area contributed by atoms with Gasteiger partial charge in [-0.3, -0.25) is 0 Å². The summed E-state index contributed by atoms with van der Waals surface area (Å²) in [7, 11) is 0. The SMILES string of the molecule is CCCCCCCCCCCCCCCCCCOC(=O)c1ccccc1O.CCCCCCCCCCCCCCCCCOC(=O)c1ccccc1O. The number of phenols is 2. The fraction of sp³-hybridized carbons (Fsp3) is 0.714. The standard InChI is InChI=1S/C25H42O3.C24H40O3/c1-2-3-4-5-6-7-8-9-10-11-12-13-14-15-16-19-22-28-25(27)23-20-17-18-21-24(23)26;1-2-3-4-5-6-7-8-9-10-11-12-13-14-15-18-21-27-24(26)22-19-16-17-20-23(22)25/h17-18,20-21,26H,2-16,19,22H2,1H3;16-17,19-20,25H,2-15,18,21H2,1H3. The second kappa shape index (κ2) is 37.9. The molecule has 0 fully saturated rings. The first-order valence-corrected chi connectivity index (χ1v) is 22.9. The van der Waals surface area contributed by atoms with Crippen LogP contribution in [0.1, 0.15) is 234 Å². The van der Waals surface area contributed by atoms with Crippen LogP contribution in [0, 0.1) is 0 Å². The van der Waals surface area contributed by atoms with Crippen molar-refractivity contribution in [2.45, 2.75) is 213 Å². The maximum Gasteiger partial charge on any atom is 0.341 e. The van der Waals surface area contributed by atoms with E-state index in [1.165, 1.54) is 185 Å². The summed E-state index contributed by atoms with van der Waals surface area (Å²) in [5.74, 6) is -0.893. The number of ether oxygens (including phenoxy) is 2. The highest BCUT2D eigenvalue weighted by molar-refractivity contribution is 5.92. The summed E-state index contributed by atoms with van der Waals surface area (Å²) in [5, 5.41) is 19.2. The predicted octanol–water partition coefficient (Wildman–Crippen LogP) is 15.2. The Morgan fingerprint density at radius 2 is 0.582 bits per heavy atom. The number of rotatable bonds is 35. The molecule has 6 heteroatoms. The van der Waals surface area contributed by atoms with Gasteiger partial charge in [0, 0.05) is 0 Å². The molecule has 0 aliphatic carbocycles. The molecule has 0 spiro atoms. The van der Waals surface area contributed by atoms with Crippen molar-refractivity contribution in [1.29, 1.82) is 0 Å². The summed E-state index contributed by atoms with van der Waals surface area (Å²) in [4.78, 5) is 23.7. The third-order valence-electron chi connectivity index (χ3n) is 10.5. The third kappa shape index (κ3) is 29.9. The van der Waals surface area contributed by atoms with Crippen molar-refractivity contribution in [3.63, 3.8) is 0 Å². The van der Waals surface area contributed by atoms with E-state index >= 15 is 0 Å². The predicted molar refractivity (Wildman–Crippen MR) is 231 cm³/mol. The van der Waals surface area contributed by atoms with Crippen molar-refractivity contribution in [3.05, 3.63) is 59.7 Å². The Hall–Kier alpha value is -3.02. The fourth-order valence-corrected chi connectivity index (χ4v) is 6.90. The molecule has 0 amide bonds. The molecule has 2 aromatic carbocycles. The minimum Gasteiger partial charge on any atom is -0.507 e. The second-order valence-electron chi connectivity index (χ2n) is 15.6. The number of carbonyl (C=O) groups excluding carboxylic acids is 2. The van der Waals surface area contributed by atoms with Gasteiger partial charge in [-0.1, -0.05) is 224 Å². The van der Waals surface area contributed by atoms with Crippen LogP contribution in [0.25, 0.3) is 0 Å². The van der Waals surface area contributed by atoms with E-state index in [2.05, 4.69) is 13.8 Å². The summed E-state index contributed by atoms with van der Waals surface area (Å²) < 4.78 is 10.5. The summed E-state index contributed by atoms with van der Waals surface area (Å²) in [6.45, 7) is 5.42. The van der Waals surface area contributed by atoms with Crippen LogP contribution in [-0.2, 0) is 9.47 Å². The minimum absolute atomic E-state index is 0.0144.